The fourth-order valence-electron chi connectivity index (χ4n) is 2.56. The molecule has 1 fully saturated rings. The Morgan fingerprint density at radius 2 is 2.36 bits per heavy atom. The third kappa shape index (κ3) is 4.10. The molecule has 0 bridgehead atoms. The van der Waals surface area contributed by atoms with Crippen molar-refractivity contribution in [2.24, 2.45) is 0 Å². The van der Waals surface area contributed by atoms with E-state index in [1.165, 1.54) is 0 Å². The van der Waals surface area contributed by atoms with Gasteiger partial charge in [-0.25, -0.2) is 9.78 Å². The standard InChI is InChI=1S/C16H22N4O2/c1-16(2,3)22-15(21)19-11-13-7-5-9-20(13)14-12(10-17)6-4-8-18-14/h4,6,8,13H,5,7,9,11H2,1-3H3,(H,19,21)/t13-/m0/s1. The number of rotatable bonds is 3. The minimum Gasteiger partial charge on any atom is -0.444 e. The zero-order valence-electron chi connectivity index (χ0n) is 13.3. The summed E-state index contributed by atoms with van der Waals surface area (Å²) < 4.78 is 5.25. The van der Waals surface area contributed by atoms with Gasteiger partial charge < -0.3 is 15.0 Å². The molecule has 0 spiro atoms. The van der Waals surface area contributed by atoms with E-state index in [0.717, 1.165) is 19.4 Å². The molecule has 1 aliphatic heterocycles. The predicted octanol–water partition coefficient (Wildman–Crippen LogP) is 2.45. The predicted molar refractivity (Wildman–Crippen MR) is 83.6 cm³/mol. The molecule has 1 aliphatic rings. The molecule has 0 saturated carbocycles. The van der Waals surface area contributed by atoms with E-state index >= 15 is 0 Å². The van der Waals surface area contributed by atoms with Crippen molar-refractivity contribution in [3.05, 3.63) is 23.9 Å². The fraction of sp³-hybridized carbons (Fsp3) is 0.562. The Morgan fingerprint density at radius 3 is 3.05 bits per heavy atom. The molecule has 22 heavy (non-hydrogen) atoms. The van der Waals surface area contributed by atoms with Crippen LogP contribution in [0.25, 0.3) is 0 Å². The second kappa shape index (κ2) is 6.65. The number of anilines is 1. The quantitative estimate of drug-likeness (QED) is 0.928. The van der Waals surface area contributed by atoms with Crippen molar-refractivity contribution in [3.8, 4) is 6.07 Å². The second-order valence-electron chi connectivity index (χ2n) is 6.36. The van der Waals surface area contributed by atoms with Crippen molar-refractivity contribution >= 4 is 11.9 Å². The zero-order valence-corrected chi connectivity index (χ0v) is 13.3. The van der Waals surface area contributed by atoms with E-state index in [4.69, 9.17) is 4.74 Å². The maximum atomic E-state index is 11.8. The Bertz CT molecular complexity index is 574. The first-order valence-corrected chi connectivity index (χ1v) is 7.49. The van der Waals surface area contributed by atoms with Crippen molar-refractivity contribution < 1.29 is 9.53 Å². The van der Waals surface area contributed by atoms with E-state index < -0.39 is 11.7 Å². The molecule has 6 heteroatoms. The van der Waals surface area contributed by atoms with Crippen LogP contribution < -0.4 is 10.2 Å². The van der Waals surface area contributed by atoms with Crippen LogP contribution in [0.2, 0.25) is 0 Å². The van der Waals surface area contributed by atoms with E-state index in [2.05, 4.69) is 21.3 Å². The van der Waals surface area contributed by atoms with Gasteiger partial charge in [0, 0.05) is 25.3 Å². The molecule has 1 saturated heterocycles. The zero-order chi connectivity index (χ0) is 16.2. The molecule has 0 radical (unpaired) electrons. The van der Waals surface area contributed by atoms with Gasteiger partial charge in [-0.2, -0.15) is 5.26 Å². The summed E-state index contributed by atoms with van der Waals surface area (Å²) in [5.41, 5.74) is 0.0562. The molecule has 2 rings (SSSR count). The number of hydrogen-bond acceptors (Lipinski definition) is 5. The van der Waals surface area contributed by atoms with Gasteiger partial charge in [-0.1, -0.05) is 0 Å². The lowest BCUT2D eigenvalue weighted by Crippen LogP contribution is -2.42. The first-order valence-electron chi connectivity index (χ1n) is 7.49. The summed E-state index contributed by atoms with van der Waals surface area (Å²) in [7, 11) is 0. The van der Waals surface area contributed by atoms with Crippen LogP contribution in [0.1, 0.15) is 39.2 Å². The summed E-state index contributed by atoms with van der Waals surface area (Å²) in [6.45, 7) is 6.83. The van der Waals surface area contributed by atoms with Gasteiger partial charge >= 0.3 is 6.09 Å². The highest BCUT2D eigenvalue weighted by Gasteiger charge is 2.28. The Labute approximate surface area is 131 Å². The Hall–Kier alpha value is -2.29. The van der Waals surface area contributed by atoms with Crippen molar-refractivity contribution in [2.75, 3.05) is 18.0 Å². The fourth-order valence-corrected chi connectivity index (χ4v) is 2.56. The van der Waals surface area contributed by atoms with Gasteiger partial charge in [-0.15, -0.1) is 0 Å². The molecule has 1 N–H and O–H groups in total. The van der Waals surface area contributed by atoms with Crippen LogP contribution in [-0.4, -0.2) is 35.8 Å². The van der Waals surface area contributed by atoms with E-state index in [1.807, 2.05) is 20.8 Å². The summed E-state index contributed by atoms with van der Waals surface area (Å²) in [5.74, 6) is 0.693. The largest absolute Gasteiger partial charge is 0.444 e. The highest BCUT2D eigenvalue weighted by atomic mass is 16.6. The molecule has 2 heterocycles. The summed E-state index contributed by atoms with van der Waals surface area (Å²) in [6, 6.07) is 5.83. The lowest BCUT2D eigenvalue weighted by Gasteiger charge is -2.27. The second-order valence-corrected chi connectivity index (χ2v) is 6.36. The minimum atomic E-state index is -0.506. The maximum Gasteiger partial charge on any atom is 0.407 e. The number of carbonyl (C=O) groups is 1. The number of hydrogen-bond donors (Lipinski definition) is 1. The number of amides is 1. The SMILES string of the molecule is CC(C)(C)OC(=O)NC[C@@H]1CCCN1c1ncccc1C#N. The number of aromatic nitrogens is 1. The summed E-state index contributed by atoms with van der Waals surface area (Å²) in [5, 5.41) is 12.0. The molecule has 1 amide bonds. The van der Waals surface area contributed by atoms with Gasteiger partial charge in [0.25, 0.3) is 0 Å². The first kappa shape index (κ1) is 16.1. The number of carbonyl (C=O) groups excluding carboxylic acids is 1. The van der Waals surface area contributed by atoms with Crippen molar-refractivity contribution in [1.29, 1.82) is 5.26 Å². The third-order valence-corrected chi connectivity index (χ3v) is 3.44. The van der Waals surface area contributed by atoms with E-state index in [-0.39, 0.29) is 6.04 Å². The smallest absolute Gasteiger partial charge is 0.407 e. The Balaban J connectivity index is 2.00. The average molecular weight is 302 g/mol. The van der Waals surface area contributed by atoms with Crippen molar-refractivity contribution in [1.82, 2.24) is 10.3 Å². The number of nitriles is 1. The van der Waals surface area contributed by atoms with Gasteiger partial charge in [0.05, 0.1) is 5.56 Å². The molecule has 0 aromatic carbocycles. The average Bonchev–Trinajstić information content (AvgIpc) is 2.91. The van der Waals surface area contributed by atoms with Gasteiger partial charge in [-0.3, -0.25) is 0 Å². The summed E-state index contributed by atoms with van der Waals surface area (Å²) in [4.78, 5) is 18.2. The maximum absolute atomic E-state index is 11.8. The van der Waals surface area contributed by atoms with Crippen molar-refractivity contribution in [2.45, 2.75) is 45.3 Å². The van der Waals surface area contributed by atoms with E-state index in [9.17, 15) is 10.1 Å². The molecule has 118 valence electrons. The van der Waals surface area contributed by atoms with Gasteiger partial charge in [0.15, 0.2) is 0 Å². The third-order valence-electron chi connectivity index (χ3n) is 3.44. The lowest BCUT2D eigenvalue weighted by molar-refractivity contribution is 0.0525. The van der Waals surface area contributed by atoms with Gasteiger partial charge in [0.1, 0.15) is 17.5 Å². The Morgan fingerprint density at radius 1 is 1.59 bits per heavy atom. The Kier molecular flexibility index (Phi) is 4.86. The summed E-state index contributed by atoms with van der Waals surface area (Å²) in [6.07, 6.45) is 3.24. The molecule has 1 aromatic rings. The van der Waals surface area contributed by atoms with E-state index in [1.54, 1.807) is 18.3 Å². The lowest BCUT2D eigenvalue weighted by atomic mass is 10.2. The molecule has 0 unspecified atom stereocenters. The molecule has 1 atom stereocenters. The molecule has 1 aromatic heterocycles. The first-order chi connectivity index (χ1) is 10.4. The molecule has 0 aliphatic carbocycles. The van der Waals surface area contributed by atoms with E-state index in [0.29, 0.717) is 17.9 Å². The number of ether oxygens (including phenoxy) is 1. The number of alkyl carbamates (subject to hydrolysis) is 1. The van der Waals surface area contributed by atoms with Crippen LogP contribution in [0, 0.1) is 11.3 Å². The van der Waals surface area contributed by atoms with Crippen LogP contribution in [0.4, 0.5) is 10.6 Å². The number of nitrogens with zero attached hydrogens (tertiary/aromatic N) is 3. The molecular formula is C16H22N4O2. The monoisotopic (exact) mass is 302 g/mol. The normalized spacial score (nSPS) is 17.9. The number of nitrogens with one attached hydrogen (secondary N) is 1. The van der Waals surface area contributed by atoms with Gasteiger partial charge in [-0.05, 0) is 45.7 Å². The van der Waals surface area contributed by atoms with Crippen molar-refractivity contribution in [3.63, 3.8) is 0 Å². The van der Waals surface area contributed by atoms with Crippen LogP contribution >= 0.6 is 0 Å². The van der Waals surface area contributed by atoms with Crippen LogP contribution in [-0.2, 0) is 4.74 Å². The number of pyridine rings is 1. The van der Waals surface area contributed by atoms with Gasteiger partial charge in [0.2, 0.25) is 0 Å². The summed E-state index contributed by atoms with van der Waals surface area (Å²) >= 11 is 0. The van der Waals surface area contributed by atoms with Crippen LogP contribution in [0.5, 0.6) is 0 Å². The highest BCUT2D eigenvalue weighted by molar-refractivity contribution is 5.68. The molecular weight excluding hydrogens is 280 g/mol. The van der Waals surface area contributed by atoms with Crippen LogP contribution in [0.3, 0.4) is 0 Å². The highest BCUT2D eigenvalue weighted by Crippen LogP contribution is 2.26. The minimum absolute atomic E-state index is 0.134. The van der Waals surface area contributed by atoms with Crippen LogP contribution in [0.15, 0.2) is 18.3 Å². The molecule has 6 nitrogen and oxygen atoms in total. The topological polar surface area (TPSA) is 78.2 Å².